The second-order valence-electron chi connectivity index (χ2n) is 5.89. The van der Waals surface area contributed by atoms with Crippen LogP contribution in [0.3, 0.4) is 0 Å². The van der Waals surface area contributed by atoms with Gasteiger partial charge >= 0.3 is 4.87 Å². The molecule has 1 aromatic heterocycles. The molecule has 1 unspecified atom stereocenters. The van der Waals surface area contributed by atoms with Gasteiger partial charge in [0.25, 0.3) is 5.91 Å². The van der Waals surface area contributed by atoms with Crippen molar-refractivity contribution in [1.82, 2.24) is 9.88 Å². The number of benzene rings is 1. The van der Waals surface area contributed by atoms with Gasteiger partial charge in [-0.05, 0) is 39.2 Å². The number of ether oxygens (including phenoxy) is 1. The third-order valence-corrected chi connectivity index (χ3v) is 4.64. The van der Waals surface area contributed by atoms with Crippen molar-refractivity contribution in [3.05, 3.63) is 32.7 Å². The number of anilines is 1. The van der Waals surface area contributed by atoms with Crippen molar-refractivity contribution < 1.29 is 9.53 Å². The van der Waals surface area contributed by atoms with Crippen LogP contribution in [0.25, 0.3) is 11.3 Å². The molecule has 0 saturated carbocycles. The Balaban J connectivity index is 2.06. The minimum absolute atomic E-state index is 0.0797. The average molecular weight is 333 g/mol. The zero-order valence-electron chi connectivity index (χ0n) is 13.5. The number of H-pyrrole nitrogens is 1. The lowest BCUT2D eigenvalue weighted by atomic mass is 10.1. The van der Waals surface area contributed by atoms with E-state index < -0.39 is 6.10 Å². The van der Waals surface area contributed by atoms with Gasteiger partial charge < -0.3 is 19.5 Å². The maximum Gasteiger partial charge on any atom is 0.305 e. The smallest absolute Gasteiger partial charge is 0.305 e. The molecule has 1 aliphatic heterocycles. The van der Waals surface area contributed by atoms with E-state index in [1.54, 1.807) is 18.9 Å². The lowest BCUT2D eigenvalue weighted by Crippen LogP contribution is -2.41. The fraction of sp³-hybridized carbons (Fsp3) is 0.375. The molecule has 0 spiro atoms. The van der Waals surface area contributed by atoms with Crippen LogP contribution in [0.15, 0.2) is 23.0 Å². The van der Waals surface area contributed by atoms with Crippen LogP contribution in [-0.4, -0.2) is 43.0 Å². The van der Waals surface area contributed by atoms with E-state index in [1.165, 1.54) is 11.3 Å². The molecule has 7 heteroatoms. The van der Waals surface area contributed by atoms with E-state index in [0.717, 1.165) is 16.1 Å². The highest BCUT2D eigenvalue weighted by molar-refractivity contribution is 7.09. The second-order valence-corrected chi connectivity index (χ2v) is 6.96. The minimum Gasteiger partial charge on any atom is -0.479 e. The number of hydrogen-bond donors (Lipinski definition) is 1. The summed E-state index contributed by atoms with van der Waals surface area (Å²) in [7, 11) is 5.66. The Kier molecular flexibility index (Phi) is 3.99. The summed E-state index contributed by atoms with van der Waals surface area (Å²) in [5, 5.41) is 0. The molecular formula is C16H19N3O3S. The van der Waals surface area contributed by atoms with Gasteiger partial charge in [-0.1, -0.05) is 11.3 Å². The maximum atomic E-state index is 12.1. The topological polar surface area (TPSA) is 65.6 Å². The number of aromatic nitrogens is 1. The van der Waals surface area contributed by atoms with Gasteiger partial charge in [0.05, 0.1) is 11.4 Å². The number of amides is 1. The van der Waals surface area contributed by atoms with Crippen molar-refractivity contribution in [3.63, 3.8) is 0 Å². The van der Waals surface area contributed by atoms with Crippen molar-refractivity contribution in [1.29, 1.82) is 0 Å². The Morgan fingerprint density at radius 2 is 2.09 bits per heavy atom. The van der Waals surface area contributed by atoms with Crippen LogP contribution in [0, 0.1) is 0 Å². The highest BCUT2D eigenvalue weighted by Gasteiger charge is 2.29. The molecule has 0 fully saturated rings. The Labute approximate surface area is 138 Å². The zero-order chi connectivity index (χ0) is 16.7. The van der Waals surface area contributed by atoms with E-state index in [0.29, 0.717) is 18.0 Å². The fourth-order valence-electron chi connectivity index (χ4n) is 2.66. The van der Waals surface area contributed by atoms with Crippen LogP contribution in [0.1, 0.15) is 11.8 Å². The number of hydrogen-bond acceptors (Lipinski definition) is 5. The summed E-state index contributed by atoms with van der Waals surface area (Å²) >= 11 is 1.21. The molecule has 1 aliphatic rings. The van der Waals surface area contributed by atoms with E-state index in [2.05, 4.69) is 4.98 Å². The monoisotopic (exact) mass is 333 g/mol. The molecule has 2 heterocycles. The molecular weight excluding hydrogens is 314 g/mol. The fourth-order valence-corrected chi connectivity index (χ4v) is 3.63. The van der Waals surface area contributed by atoms with Gasteiger partial charge in [-0.3, -0.25) is 9.59 Å². The molecule has 0 bridgehead atoms. The maximum absolute atomic E-state index is 12.1. The Hall–Kier alpha value is -2.12. The van der Waals surface area contributed by atoms with E-state index in [1.807, 2.05) is 37.2 Å². The summed E-state index contributed by atoms with van der Waals surface area (Å²) in [5.41, 5.74) is 2.39. The first kappa shape index (κ1) is 15.8. The molecule has 1 aromatic carbocycles. The van der Waals surface area contributed by atoms with Gasteiger partial charge in [0.2, 0.25) is 0 Å². The summed E-state index contributed by atoms with van der Waals surface area (Å²) < 4.78 is 5.64. The van der Waals surface area contributed by atoms with Gasteiger partial charge in [-0.25, -0.2) is 0 Å². The standard InChI is InChI=1S/C16H19N3O3S/c1-9-15(20)19(4)11-7-10(5-6-12(11)22-9)14-13(8-18(2)3)23-16(21)17-14/h5-7,9H,8H2,1-4H3,(H,17,21). The first-order chi connectivity index (χ1) is 10.9. The molecule has 1 N–H and O–H groups in total. The zero-order valence-corrected chi connectivity index (χ0v) is 14.4. The van der Waals surface area contributed by atoms with Crippen LogP contribution in [-0.2, 0) is 11.3 Å². The first-order valence-electron chi connectivity index (χ1n) is 7.32. The number of carbonyl (C=O) groups excluding carboxylic acids is 1. The Morgan fingerprint density at radius 3 is 2.78 bits per heavy atom. The summed E-state index contributed by atoms with van der Waals surface area (Å²) in [6.45, 7) is 2.42. The Bertz CT molecular complexity index is 809. The number of carbonyl (C=O) groups is 1. The van der Waals surface area contributed by atoms with Crippen molar-refractivity contribution in [2.24, 2.45) is 0 Å². The van der Waals surface area contributed by atoms with E-state index in [4.69, 9.17) is 4.74 Å². The van der Waals surface area contributed by atoms with Gasteiger partial charge in [-0.15, -0.1) is 0 Å². The average Bonchev–Trinajstić information content (AvgIpc) is 2.84. The number of rotatable bonds is 3. The van der Waals surface area contributed by atoms with Gasteiger partial charge in [0.1, 0.15) is 5.75 Å². The van der Waals surface area contributed by atoms with Crippen LogP contribution in [0.2, 0.25) is 0 Å². The summed E-state index contributed by atoms with van der Waals surface area (Å²) in [4.78, 5) is 31.3. The molecule has 122 valence electrons. The second kappa shape index (κ2) is 5.82. The van der Waals surface area contributed by atoms with Crippen LogP contribution < -0.4 is 14.5 Å². The van der Waals surface area contributed by atoms with E-state index in [-0.39, 0.29) is 10.8 Å². The van der Waals surface area contributed by atoms with E-state index >= 15 is 0 Å². The highest BCUT2D eigenvalue weighted by atomic mass is 32.1. The van der Waals surface area contributed by atoms with Gasteiger partial charge in [0.15, 0.2) is 6.10 Å². The third-order valence-electron chi connectivity index (χ3n) is 3.77. The highest BCUT2D eigenvalue weighted by Crippen LogP contribution is 2.37. The molecule has 6 nitrogen and oxygen atoms in total. The molecule has 0 saturated heterocycles. The quantitative estimate of drug-likeness (QED) is 0.932. The van der Waals surface area contributed by atoms with Crippen molar-refractivity contribution in [2.45, 2.75) is 19.6 Å². The first-order valence-corrected chi connectivity index (χ1v) is 8.14. The van der Waals surface area contributed by atoms with Crippen LogP contribution in [0.4, 0.5) is 5.69 Å². The predicted octanol–water partition coefficient (Wildman–Crippen LogP) is 1.91. The summed E-state index contributed by atoms with van der Waals surface area (Å²) in [6.07, 6.45) is -0.483. The van der Waals surface area contributed by atoms with Gasteiger partial charge in [-0.2, -0.15) is 0 Å². The van der Waals surface area contributed by atoms with Crippen molar-refractivity contribution in [3.8, 4) is 17.0 Å². The number of aromatic amines is 1. The van der Waals surface area contributed by atoms with Gasteiger partial charge in [0, 0.05) is 24.0 Å². The molecule has 1 amide bonds. The van der Waals surface area contributed by atoms with Crippen LogP contribution in [0.5, 0.6) is 5.75 Å². The molecule has 0 radical (unpaired) electrons. The lowest BCUT2D eigenvalue weighted by Gasteiger charge is -2.30. The Morgan fingerprint density at radius 1 is 1.35 bits per heavy atom. The molecule has 2 aromatic rings. The summed E-state index contributed by atoms with van der Waals surface area (Å²) in [5.74, 6) is 0.595. The third kappa shape index (κ3) is 2.89. The predicted molar refractivity (Wildman–Crippen MR) is 91.3 cm³/mol. The molecule has 1 atom stereocenters. The number of thiazole rings is 1. The van der Waals surface area contributed by atoms with Crippen molar-refractivity contribution in [2.75, 3.05) is 26.0 Å². The normalized spacial score (nSPS) is 17.3. The largest absolute Gasteiger partial charge is 0.479 e. The molecule has 0 aliphatic carbocycles. The summed E-state index contributed by atoms with van der Waals surface area (Å²) in [6, 6.07) is 5.64. The lowest BCUT2D eigenvalue weighted by molar-refractivity contribution is -0.125. The minimum atomic E-state index is -0.483. The number of nitrogens with zero attached hydrogens (tertiary/aromatic N) is 2. The number of fused-ring (bicyclic) bond motifs is 1. The number of likely N-dealkylation sites (N-methyl/N-ethyl adjacent to an activating group) is 1. The molecule has 23 heavy (non-hydrogen) atoms. The van der Waals surface area contributed by atoms with Crippen molar-refractivity contribution >= 4 is 22.9 Å². The number of nitrogens with one attached hydrogen (secondary N) is 1. The SMILES string of the molecule is CC1Oc2ccc(-c3[nH]c(=O)sc3CN(C)C)cc2N(C)C1=O. The van der Waals surface area contributed by atoms with Crippen LogP contribution >= 0.6 is 11.3 Å². The molecule has 3 rings (SSSR count). The van der Waals surface area contributed by atoms with E-state index in [9.17, 15) is 9.59 Å².